The first-order valence-electron chi connectivity index (χ1n) is 7.47. The van der Waals surface area contributed by atoms with E-state index in [2.05, 4.69) is 0 Å². The molecule has 0 spiro atoms. The van der Waals surface area contributed by atoms with Gasteiger partial charge in [0.15, 0.2) is 0 Å². The molecule has 0 aromatic rings. The molecule has 0 unspecified atom stereocenters. The van der Waals surface area contributed by atoms with Crippen molar-refractivity contribution < 1.29 is 9.90 Å². The maximum absolute atomic E-state index is 10.4. The highest BCUT2D eigenvalue weighted by Crippen LogP contribution is 2.43. The Morgan fingerprint density at radius 2 is 1.76 bits per heavy atom. The fourth-order valence-electron chi connectivity index (χ4n) is 3.94. The molecule has 1 N–H and O–H groups in total. The molecule has 2 nitrogen and oxygen atoms in total. The van der Waals surface area contributed by atoms with Gasteiger partial charge in [-0.05, 0) is 37.0 Å². The van der Waals surface area contributed by atoms with Crippen LogP contribution in [0.25, 0.3) is 0 Å². The molecule has 17 heavy (non-hydrogen) atoms. The van der Waals surface area contributed by atoms with E-state index in [1.54, 1.807) is 0 Å². The SMILES string of the molecule is O=C(O)CCCC[C@@H]1CC[C@@H]2CCCC[C@@H]2C1. The second-order valence-electron chi connectivity index (χ2n) is 6.12. The van der Waals surface area contributed by atoms with Crippen molar-refractivity contribution in [2.75, 3.05) is 0 Å². The first-order valence-corrected chi connectivity index (χ1v) is 7.47. The van der Waals surface area contributed by atoms with Crippen molar-refractivity contribution >= 4 is 5.97 Å². The van der Waals surface area contributed by atoms with Crippen LogP contribution >= 0.6 is 0 Å². The van der Waals surface area contributed by atoms with E-state index >= 15 is 0 Å². The molecule has 2 fully saturated rings. The van der Waals surface area contributed by atoms with Crippen LogP contribution in [0, 0.1) is 17.8 Å². The minimum absolute atomic E-state index is 0.360. The lowest BCUT2D eigenvalue weighted by molar-refractivity contribution is -0.137. The zero-order valence-electron chi connectivity index (χ0n) is 10.9. The molecule has 0 amide bonds. The molecule has 2 rings (SSSR count). The van der Waals surface area contributed by atoms with Gasteiger partial charge in [-0.25, -0.2) is 0 Å². The molecule has 0 aliphatic heterocycles. The summed E-state index contributed by atoms with van der Waals surface area (Å²) in [6.45, 7) is 0. The van der Waals surface area contributed by atoms with Gasteiger partial charge in [-0.3, -0.25) is 4.79 Å². The summed E-state index contributed by atoms with van der Waals surface area (Å²) in [5.74, 6) is 2.32. The fourth-order valence-corrected chi connectivity index (χ4v) is 3.94. The van der Waals surface area contributed by atoms with Crippen LogP contribution < -0.4 is 0 Å². The Bertz CT molecular complexity index is 249. The standard InChI is InChI=1S/C15H26O2/c16-15(17)8-4-1-5-12-9-10-13-6-2-3-7-14(13)11-12/h12-14H,1-11H2,(H,16,17)/t12-,13+,14-/m1/s1. The topological polar surface area (TPSA) is 37.3 Å². The first-order chi connectivity index (χ1) is 8.25. The molecule has 3 atom stereocenters. The number of carboxylic acid groups (broad SMARTS) is 1. The number of rotatable bonds is 5. The third kappa shape index (κ3) is 4.01. The minimum atomic E-state index is -0.638. The number of hydrogen-bond donors (Lipinski definition) is 1. The lowest BCUT2D eigenvalue weighted by atomic mass is 9.67. The number of hydrogen-bond acceptors (Lipinski definition) is 1. The number of unbranched alkanes of at least 4 members (excludes halogenated alkanes) is 1. The molecule has 0 heterocycles. The molecule has 0 bridgehead atoms. The Kier molecular flexibility index (Phi) is 4.87. The van der Waals surface area contributed by atoms with Gasteiger partial charge in [-0.1, -0.05) is 44.9 Å². The summed E-state index contributed by atoms with van der Waals surface area (Å²) in [4.78, 5) is 10.4. The molecule has 2 aliphatic carbocycles. The van der Waals surface area contributed by atoms with E-state index in [0.717, 1.165) is 30.6 Å². The van der Waals surface area contributed by atoms with Gasteiger partial charge in [0, 0.05) is 6.42 Å². The van der Waals surface area contributed by atoms with E-state index in [-0.39, 0.29) is 0 Å². The largest absolute Gasteiger partial charge is 0.481 e. The first kappa shape index (κ1) is 12.9. The minimum Gasteiger partial charge on any atom is -0.481 e. The molecular formula is C15H26O2. The summed E-state index contributed by atoms with van der Waals surface area (Å²) in [7, 11) is 0. The number of carbonyl (C=O) groups is 1. The van der Waals surface area contributed by atoms with E-state index in [1.807, 2.05) is 0 Å². The zero-order valence-corrected chi connectivity index (χ0v) is 10.9. The predicted octanol–water partition coefficient (Wildman–Crippen LogP) is 4.24. The second-order valence-corrected chi connectivity index (χ2v) is 6.12. The van der Waals surface area contributed by atoms with E-state index in [1.165, 1.54) is 51.4 Å². The van der Waals surface area contributed by atoms with Crippen LogP contribution in [-0.4, -0.2) is 11.1 Å². The summed E-state index contributed by atoms with van der Waals surface area (Å²) >= 11 is 0. The summed E-state index contributed by atoms with van der Waals surface area (Å²) in [6, 6.07) is 0. The smallest absolute Gasteiger partial charge is 0.303 e. The highest BCUT2D eigenvalue weighted by atomic mass is 16.4. The van der Waals surface area contributed by atoms with Gasteiger partial charge in [0.1, 0.15) is 0 Å². The van der Waals surface area contributed by atoms with E-state index in [4.69, 9.17) is 5.11 Å². The van der Waals surface area contributed by atoms with Gasteiger partial charge in [-0.2, -0.15) is 0 Å². The summed E-state index contributed by atoms with van der Waals surface area (Å²) in [5, 5.41) is 8.60. The number of fused-ring (bicyclic) bond motifs is 1. The molecule has 0 radical (unpaired) electrons. The number of aliphatic carboxylic acids is 1. The molecule has 2 aliphatic rings. The van der Waals surface area contributed by atoms with Crippen LogP contribution in [0.15, 0.2) is 0 Å². The van der Waals surface area contributed by atoms with Gasteiger partial charge in [-0.15, -0.1) is 0 Å². The summed E-state index contributed by atoms with van der Waals surface area (Å²) in [6.07, 6.45) is 13.8. The van der Waals surface area contributed by atoms with Gasteiger partial charge < -0.3 is 5.11 Å². The van der Waals surface area contributed by atoms with E-state index in [0.29, 0.717) is 6.42 Å². The van der Waals surface area contributed by atoms with Crippen LogP contribution in [0.1, 0.15) is 70.6 Å². The molecule has 2 heteroatoms. The summed E-state index contributed by atoms with van der Waals surface area (Å²) < 4.78 is 0. The fraction of sp³-hybridized carbons (Fsp3) is 0.933. The van der Waals surface area contributed by atoms with Gasteiger partial charge in [0.05, 0.1) is 0 Å². The maximum atomic E-state index is 10.4. The second kappa shape index (κ2) is 6.42. The average Bonchev–Trinajstić information content (AvgIpc) is 2.34. The lowest BCUT2D eigenvalue weighted by Crippen LogP contribution is -2.27. The third-order valence-electron chi connectivity index (χ3n) is 4.90. The van der Waals surface area contributed by atoms with Crippen molar-refractivity contribution in [2.24, 2.45) is 17.8 Å². The van der Waals surface area contributed by atoms with Crippen molar-refractivity contribution in [3.05, 3.63) is 0 Å². The van der Waals surface area contributed by atoms with Crippen molar-refractivity contribution in [1.29, 1.82) is 0 Å². The average molecular weight is 238 g/mol. The van der Waals surface area contributed by atoms with Crippen LogP contribution in [0.2, 0.25) is 0 Å². The Balaban J connectivity index is 1.64. The Hall–Kier alpha value is -0.530. The normalized spacial score (nSPS) is 33.1. The zero-order chi connectivity index (χ0) is 12.1. The Labute approximate surface area is 105 Å². The van der Waals surface area contributed by atoms with Crippen molar-refractivity contribution in [1.82, 2.24) is 0 Å². The van der Waals surface area contributed by atoms with Crippen LogP contribution in [0.3, 0.4) is 0 Å². The molecule has 0 aromatic carbocycles. The highest BCUT2D eigenvalue weighted by molar-refractivity contribution is 5.66. The van der Waals surface area contributed by atoms with Crippen LogP contribution in [-0.2, 0) is 4.79 Å². The predicted molar refractivity (Wildman–Crippen MR) is 68.9 cm³/mol. The maximum Gasteiger partial charge on any atom is 0.303 e. The van der Waals surface area contributed by atoms with Crippen molar-refractivity contribution in [2.45, 2.75) is 70.6 Å². The highest BCUT2D eigenvalue weighted by Gasteiger charge is 2.31. The summed E-state index contributed by atoms with van der Waals surface area (Å²) in [5.41, 5.74) is 0. The van der Waals surface area contributed by atoms with Crippen LogP contribution in [0.4, 0.5) is 0 Å². The van der Waals surface area contributed by atoms with Gasteiger partial charge >= 0.3 is 5.97 Å². The molecule has 2 saturated carbocycles. The third-order valence-corrected chi connectivity index (χ3v) is 4.90. The molecule has 98 valence electrons. The van der Waals surface area contributed by atoms with E-state index < -0.39 is 5.97 Å². The Morgan fingerprint density at radius 3 is 2.53 bits per heavy atom. The molecule has 0 saturated heterocycles. The number of carboxylic acids is 1. The quantitative estimate of drug-likeness (QED) is 0.727. The van der Waals surface area contributed by atoms with Crippen molar-refractivity contribution in [3.63, 3.8) is 0 Å². The molecule has 0 aromatic heterocycles. The van der Waals surface area contributed by atoms with Crippen LogP contribution in [0.5, 0.6) is 0 Å². The Morgan fingerprint density at radius 1 is 1.00 bits per heavy atom. The van der Waals surface area contributed by atoms with E-state index in [9.17, 15) is 4.79 Å². The van der Waals surface area contributed by atoms with Gasteiger partial charge in [0.25, 0.3) is 0 Å². The monoisotopic (exact) mass is 238 g/mol. The van der Waals surface area contributed by atoms with Crippen molar-refractivity contribution in [3.8, 4) is 0 Å². The van der Waals surface area contributed by atoms with Gasteiger partial charge in [0.2, 0.25) is 0 Å². The molecular weight excluding hydrogens is 212 g/mol. The lowest BCUT2D eigenvalue weighted by Gasteiger charge is -2.39.